The number of carboxylic acids is 2. The zero-order valence-corrected chi connectivity index (χ0v) is 24.8. The number of phenols is 2. The normalized spacial score (nSPS) is 21.1. The molecule has 0 spiro atoms. The summed E-state index contributed by atoms with van der Waals surface area (Å²) in [7, 11) is 1.91. The Labute approximate surface area is 252 Å². The van der Waals surface area contributed by atoms with Gasteiger partial charge in [-0.25, -0.2) is 9.78 Å². The van der Waals surface area contributed by atoms with Crippen LogP contribution in [-0.4, -0.2) is 95.5 Å². The Morgan fingerprint density at radius 2 is 1.88 bits per heavy atom. The third-order valence-corrected chi connectivity index (χ3v) is 9.37. The van der Waals surface area contributed by atoms with Gasteiger partial charge >= 0.3 is 5.97 Å². The van der Waals surface area contributed by atoms with Gasteiger partial charge in [0.15, 0.2) is 22.3 Å². The maximum absolute atomic E-state index is 13.3. The van der Waals surface area contributed by atoms with E-state index in [9.17, 15) is 39.6 Å². The minimum atomic E-state index is -1.78. The Kier molecular flexibility index (Phi) is 7.52. The van der Waals surface area contributed by atoms with E-state index in [0.717, 1.165) is 27.4 Å². The summed E-state index contributed by atoms with van der Waals surface area (Å²) in [4.78, 5) is 60.5. The van der Waals surface area contributed by atoms with E-state index in [1.165, 1.54) is 43.1 Å². The third-order valence-electron chi connectivity index (χ3n) is 7.36. The van der Waals surface area contributed by atoms with Crippen LogP contribution in [0, 0.1) is 0 Å². The molecule has 228 valence electrons. The minimum Gasteiger partial charge on any atom is -0.543 e. The number of thiazole rings is 1. The molecular formula is C26H28N6O9S2. The monoisotopic (exact) mass is 632 g/mol. The van der Waals surface area contributed by atoms with Crippen LogP contribution in [0.2, 0.25) is 0 Å². The number of likely N-dealkylation sites (N-methyl/N-ethyl adjacent to an activating group) is 1. The van der Waals surface area contributed by atoms with Crippen LogP contribution in [0.25, 0.3) is 0 Å². The van der Waals surface area contributed by atoms with Crippen LogP contribution in [0.5, 0.6) is 11.5 Å². The molecular weight excluding hydrogens is 604 g/mol. The van der Waals surface area contributed by atoms with Gasteiger partial charge in [0, 0.05) is 27.8 Å². The molecule has 0 saturated carbocycles. The maximum atomic E-state index is 13.3. The van der Waals surface area contributed by atoms with Gasteiger partial charge in [-0.05, 0) is 26.0 Å². The van der Waals surface area contributed by atoms with Crippen LogP contribution in [0.15, 0.2) is 33.9 Å². The number of aromatic nitrogens is 1. The Morgan fingerprint density at radius 3 is 2.42 bits per heavy atom. The highest BCUT2D eigenvalue weighted by molar-refractivity contribution is 8.00. The van der Waals surface area contributed by atoms with Gasteiger partial charge in [-0.1, -0.05) is 5.16 Å². The zero-order chi connectivity index (χ0) is 31.4. The summed E-state index contributed by atoms with van der Waals surface area (Å²) in [6, 6.07) is 1.87. The highest BCUT2D eigenvalue weighted by Crippen LogP contribution is 2.42. The third kappa shape index (κ3) is 5.57. The lowest BCUT2D eigenvalue weighted by atomic mass is 10.0. The van der Waals surface area contributed by atoms with Crippen molar-refractivity contribution < 1.29 is 48.9 Å². The number of nitrogens with one attached hydrogen (secondary N) is 1. The SMILES string of the molecule is CC(C)(O/N=C(\C(=O)N[C@H]1C(=O)N2C(C(=O)[O-])=C(C[N+]3(C)Cc4cc(O)c(O)cc4C3)CS[C@@H]12)c1csc(N)n1)C(=O)O. The molecule has 0 unspecified atom stereocenters. The van der Waals surface area contributed by atoms with Crippen LogP contribution in [-0.2, 0) is 37.1 Å². The molecule has 6 N–H and O–H groups in total. The molecule has 2 amide bonds. The van der Waals surface area contributed by atoms with Gasteiger partial charge in [0.25, 0.3) is 11.8 Å². The number of rotatable bonds is 9. The van der Waals surface area contributed by atoms with Crippen molar-refractivity contribution in [2.75, 3.05) is 25.1 Å². The molecule has 2 atom stereocenters. The molecule has 3 aliphatic heterocycles. The number of hydrogen-bond acceptors (Lipinski definition) is 13. The van der Waals surface area contributed by atoms with Gasteiger partial charge in [-0.2, -0.15) is 0 Å². The van der Waals surface area contributed by atoms with E-state index in [1.54, 1.807) is 0 Å². The highest BCUT2D eigenvalue weighted by atomic mass is 32.2. The van der Waals surface area contributed by atoms with Crippen LogP contribution in [0.3, 0.4) is 0 Å². The quantitative estimate of drug-likeness (QED) is 0.0759. The first-order valence-electron chi connectivity index (χ1n) is 12.9. The number of fused-ring (bicyclic) bond motifs is 2. The van der Waals surface area contributed by atoms with Crippen molar-refractivity contribution in [3.05, 3.63) is 45.6 Å². The van der Waals surface area contributed by atoms with E-state index < -0.39 is 46.5 Å². The van der Waals surface area contributed by atoms with Crippen LogP contribution in [0.4, 0.5) is 5.13 Å². The van der Waals surface area contributed by atoms with Crippen molar-refractivity contribution in [1.82, 2.24) is 15.2 Å². The topological polar surface area (TPSA) is 228 Å². The second kappa shape index (κ2) is 10.7. The average molecular weight is 633 g/mol. The maximum Gasteiger partial charge on any atom is 0.350 e. The number of nitrogens with zero attached hydrogens (tertiary/aromatic N) is 4. The molecule has 43 heavy (non-hydrogen) atoms. The molecule has 2 aromatic rings. The Hall–Kier alpha value is -4.35. The van der Waals surface area contributed by atoms with Crippen molar-refractivity contribution in [2.45, 2.75) is 44.0 Å². The van der Waals surface area contributed by atoms with Crippen molar-refractivity contribution in [2.24, 2.45) is 5.16 Å². The second-order valence-corrected chi connectivity index (χ2v) is 13.2. The fourth-order valence-corrected chi connectivity index (χ4v) is 7.09. The number of thioether (sulfide) groups is 1. The van der Waals surface area contributed by atoms with Gasteiger partial charge in [0.05, 0.1) is 18.7 Å². The number of oxime groups is 1. The number of quaternary nitrogens is 1. The number of aliphatic carboxylic acids is 2. The van der Waals surface area contributed by atoms with E-state index in [-0.39, 0.29) is 40.3 Å². The number of nitrogens with two attached hydrogens (primary N) is 1. The number of anilines is 1. The standard InChI is InChI=1S/C26H28N6O9S2/c1-26(2,24(39)40)41-30-17(14-10-43-25(27)28-14)20(35)29-18-21(36)31-19(23(37)38)13(9-42-22(18)31)8-32(3)6-11-4-15(33)16(34)5-12(11)7-32/h4-5,10,18,22H,6-9H2,1-3H3,(H6-,27,28,29,30,33,34,35,37,38,39,40)/t18-,22-/m0/s1. The van der Waals surface area contributed by atoms with Gasteiger partial charge in [-0.15, -0.1) is 23.1 Å². The summed E-state index contributed by atoms with van der Waals surface area (Å²) < 4.78 is 0.348. The van der Waals surface area contributed by atoms with E-state index >= 15 is 0 Å². The smallest absolute Gasteiger partial charge is 0.350 e. The first-order chi connectivity index (χ1) is 20.1. The summed E-state index contributed by atoms with van der Waals surface area (Å²) in [6.45, 7) is 3.67. The van der Waals surface area contributed by atoms with E-state index in [2.05, 4.69) is 15.5 Å². The molecule has 4 heterocycles. The zero-order valence-electron chi connectivity index (χ0n) is 23.2. The van der Waals surface area contributed by atoms with Gasteiger partial charge in [0.2, 0.25) is 5.60 Å². The van der Waals surface area contributed by atoms with Crippen LogP contribution >= 0.6 is 23.1 Å². The van der Waals surface area contributed by atoms with Gasteiger partial charge < -0.3 is 45.6 Å². The number of aromatic hydroxyl groups is 2. The number of phenolic OH excluding ortho intramolecular Hbond substituents is 2. The molecule has 1 saturated heterocycles. The average Bonchev–Trinajstić information content (AvgIpc) is 3.48. The van der Waals surface area contributed by atoms with Crippen LogP contribution in [0.1, 0.15) is 30.7 Å². The van der Waals surface area contributed by atoms with Crippen molar-refractivity contribution in [3.63, 3.8) is 0 Å². The van der Waals surface area contributed by atoms with E-state index in [1.807, 2.05) is 7.05 Å². The number of carboxylic acid groups (broad SMARTS) is 2. The summed E-state index contributed by atoms with van der Waals surface area (Å²) in [5.74, 6) is -4.66. The molecule has 1 fully saturated rings. The number of hydrogen-bond donors (Lipinski definition) is 5. The Balaban J connectivity index is 1.35. The predicted molar refractivity (Wildman–Crippen MR) is 151 cm³/mol. The lowest BCUT2D eigenvalue weighted by Crippen LogP contribution is -2.71. The number of amides is 2. The molecule has 17 heteroatoms. The van der Waals surface area contributed by atoms with Crippen molar-refractivity contribution >= 4 is 57.7 Å². The first kappa shape index (κ1) is 30.1. The first-order valence-corrected chi connectivity index (χ1v) is 14.8. The summed E-state index contributed by atoms with van der Waals surface area (Å²) in [5.41, 5.74) is 5.38. The van der Waals surface area contributed by atoms with Crippen LogP contribution < -0.4 is 16.2 Å². The number of carbonyl (C=O) groups is 4. The van der Waals surface area contributed by atoms with Crippen molar-refractivity contribution in [3.8, 4) is 11.5 Å². The fraction of sp³-hybridized carbons (Fsp3) is 0.385. The van der Waals surface area contributed by atoms with Gasteiger partial charge in [0.1, 0.15) is 36.7 Å². The molecule has 0 aliphatic carbocycles. The molecule has 0 bridgehead atoms. The van der Waals surface area contributed by atoms with Crippen molar-refractivity contribution in [1.29, 1.82) is 0 Å². The molecule has 5 rings (SSSR count). The molecule has 15 nitrogen and oxygen atoms in total. The Morgan fingerprint density at radius 1 is 1.26 bits per heavy atom. The summed E-state index contributed by atoms with van der Waals surface area (Å²) >= 11 is 2.28. The van der Waals surface area contributed by atoms with Gasteiger partial charge in [-0.3, -0.25) is 14.5 Å². The van der Waals surface area contributed by atoms with E-state index in [0.29, 0.717) is 23.1 Å². The fourth-order valence-electron chi connectivity index (χ4n) is 5.21. The largest absolute Gasteiger partial charge is 0.543 e. The minimum absolute atomic E-state index is 0.00364. The number of benzene rings is 1. The number of carbonyl (C=O) groups excluding carboxylic acids is 3. The Bertz CT molecular complexity index is 1590. The number of nitrogen functional groups attached to an aromatic ring is 1. The summed E-state index contributed by atoms with van der Waals surface area (Å²) in [5, 5.41) is 48.5. The molecule has 0 radical (unpaired) electrons. The lowest BCUT2D eigenvalue weighted by molar-refractivity contribution is -0.924. The lowest BCUT2D eigenvalue weighted by Gasteiger charge is -2.51. The highest BCUT2D eigenvalue weighted by Gasteiger charge is 2.54. The second-order valence-electron chi connectivity index (χ2n) is 11.2. The molecule has 1 aromatic heterocycles. The summed E-state index contributed by atoms with van der Waals surface area (Å²) in [6.07, 6.45) is 0. The number of β-lactam (4-membered cyclic amide) rings is 1. The molecule has 3 aliphatic rings. The predicted octanol–water partition coefficient (Wildman–Crippen LogP) is -0.715. The van der Waals surface area contributed by atoms with E-state index in [4.69, 9.17) is 10.6 Å². The molecule has 1 aromatic carbocycles.